The van der Waals surface area contributed by atoms with Crippen LogP contribution in [0.3, 0.4) is 0 Å². The predicted molar refractivity (Wildman–Crippen MR) is 228 cm³/mol. The number of amides is 2. The van der Waals surface area contributed by atoms with E-state index in [4.69, 9.17) is 34.5 Å². The van der Waals surface area contributed by atoms with Crippen molar-refractivity contribution in [1.82, 2.24) is 10.6 Å². The van der Waals surface area contributed by atoms with Gasteiger partial charge in [-0.15, -0.1) is 0 Å². The van der Waals surface area contributed by atoms with Gasteiger partial charge in [-0.1, -0.05) is 136 Å². The molecule has 3 atom stereocenters. The van der Waals surface area contributed by atoms with Crippen molar-refractivity contribution in [1.29, 1.82) is 0 Å². The van der Waals surface area contributed by atoms with E-state index in [9.17, 15) is 14.2 Å². The van der Waals surface area contributed by atoms with Gasteiger partial charge in [-0.25, -0.2) is 0 Å². The molecule has 0 heterocycles. The highest BCUT2D eigenvalue weighted by atomic mass is 32.2. The molecule has 328 valence electrons. The zero-order chi connectivity index (χ0) is 40.7. The first-order chi connectivity index (χ1) is 26.6. The Morgan fingerprint density at radius 1 is 0.600 bits per heavy atom. The second-order valence-electron chi connectivity index (χ2n) is 15.0. The van der Waals surface area contributed by atoms with E-state index in [2.05, 4.69) is 24.5 Å². The van der Waals surface area contributed by atoms with Gasteiger partial charge < -0.3 is 45.1 Å². The zero-order valence-corrected chi connectivity index (χ0v) is 37.0. The van der Waals surface area contributed by atoms with Crippen LogP contribution < -0.4 is 16.4 Å². The number of carbonyl (C=O) groups excluding carboxylic acids is 2. The second kappa shape index (κ2) is 40.0. The van der Waals surface area contributed by atoms with Crippen LogP contribution in [0.5, 0.6) is 0 Å². The average Bonchev–Trinajstić information content (AvgIpc) is 3.14. The highest BCUT2D eigenvalue weighted by Gasteiger charge is 2.19. The Morgan fingerprint density at radius 3 is 1.58 bits per heavy atom. The summed E-state index contributed by atoms with van der Waals surface area (Å²) in [6.07, 6.45) is 26.7. The molecule has 0 saturated carbocycles. The van der Waals surface area contributed by atoms with Crippen molar-refractivity contribution in [2.75, 3.05) is 70.5 Å². The number of unbranched alkanes of at least 4 members (excludes halogenated alkanes) is 19. The Morgan fingerprint density at radius 2 is 1.05 bits per heavy atom. The number of thioether (sulfide) groups is 1. The van der Waals surface area contributed by atoms with Crippen LogP contribution in [-0.4, -0.2) is 110 Å². The van der Waals surface area contributed by atoms with E-state index >= 15 is 0 Å². The fourth-order valence-electron chi connectivity index (χ4n) is 5.99. The van der Waals surface area contributed by atoms with Crippen molar-refractivity contribution < 1.29 is 42.9 Å². The van der Waals surface area contributed by atoms with E-state index in [0.717, 1.165) is 19.3 Å². The van der Waals surface area contributed by atoms with Crippen LogP contribution in [0.15, 0.2) is 0 Å². The Bertz CT molecular complexity index is 918. The van der Waals surface area contributed by atoms with Gasteiger partial charge in [-0.2, -0.15) is 11.8 Å². The SMILES string of the molecule is CCCCCCCCCCCCCC(=O)N[C@H](COCCCCCCCCCCCC)CSC[C@H](N)C(=O)N[C@@H](C)COCCOCCOCCP(=O)(O)O. The number of rotatable bonds is 43. The van der Waals surface area contributed by atoms with Gasteiger partial charge >= 0.3 is 7.60 Å². The largest absolute Gasteiger partial charge is 0.379 e. The number of hydrogen-bond donors (Lipinski definition) is 5. The van der Waals surface area contributed by atoms with Gasteiger partial charge in [-0.3, -0.25) is 14.2 Å². The van der Waals surface area contributed by atoms with Crippen molar-refractivity contribution in [2.24, 2.45) is 5.73 Å². The highest BCUT2D eigenvalue weighted by molar-refractivity contribution is 7.99. The lowest BCUT2D eigenvalue weighted by atomic mass is 10.1. The molecule has 6 N–H and O–H groups in total. The van der Waals surface area contributed by atoms with Gasteiger partial charge in [0.15, 0.2) is 0 Å². The average molecular weight is 826 g/mol. The standard InChI is InChI=1S/C41H84N3O9PS/c1-4-6-8-10-12-14-16-17-19-21-23-25-40(45)44-38(34-52-26-24-22-20-18-15-13-11-9-7-5-2)35-55-36-39(42)41(46)43-37(3)33-53-30-29-50-27-28-51-31-32-54(47,48)49/h37-39H,4-36,42H2,1-3H3,(H,43,46)(H,44,45)(H2,47,48,49)/t37-,38+,39-/m0/s1. The molecular formula is C41H84N3O9PS. The highest BCUT2D eigenvalue weighted by Crippen LogP contribution is 2.33. The molecule has 0 bridgehead atoms. The topological polar surface area (TPSA) is 179 Å². The van der Waals surface area contributed by atoms with E-state index in [1.165, 1.54) is 116 Å². The molecular weight excluding hydrogens is 742 g/mol. The normalized spacial score (nSPS) is 13.5. The van der Waals surface area contributed by atoms with Crippen LogP contribution in [0.1, 0.15) is 162 Å². The second-order valence-corrected chi connectivity index (χ2v) is 17.9. The number of hydrogen-bond acceptors (Lipinski definition) is 9. The lowest BCUT2D eigenvalue weighted by molar-refractivity contribution is -0.123. The Kier molecular flexibility index (Phi) is 39.5. The summed E-state index contributed by atoms with van der Waals surface area (Å²) >= 11 is 1.55. The third-order valence-corrected chi connectivity index (χ3v) is 11.3. The molecule has 0 radical (unpaired) electrons. The first-order valence-corrected chi connectivity index (χ1v) is 24.8. The van der Waals surface area contributed by atoms with Crippen LogP contribution in [0.25, 0.3) is 0 Å². The molecule has 0 saturated heterocycles. The van der Waals surface area contributed by atoms with E-state index in [1.807, 2.05) is 6.92 Å². The Hall–Kier alpha value is -0.760. The quantitative estimate of drug-likeness (QED) is 0.0298. The van der Waals surface area contributed by atoms with Gasteiger partial charge in [0.05, 0.1) is 64.5 Å². The molecule has 0 rings (SSSR count). The summed E-state index contributed by atoms with van der Waals surface area (Å²) < 4.78 is 32.9. The van der Waals surface area contributed by atoms with Crippen LogP contribution in [0, 0.1) is 0 Å². The number of carbonyl (C=O) groups is 2. The molecule has 0 aromatic rings. The monoisotopic (exact) mass is 826 g/mol. The molecule has 2 amide bonds. The van der Waals surface area contributed by atoms with Gasteiger partial charge in [0.2, 0.25) is 11.8 Å². The van der Waals surface area contributed by atoms with Crippen molar-refractivity contribution in [3.05, 3.63) is 0 Å². The van der Waals surface area contributed by atoms with Gasteiger partial charge in [0, 0.05) is 30.6 Å². The third kappa shape index (κ3) is 41.2. The number of nitrogens with two attached hydrogens (primary N) is 1. The summed E-state index contributed by atoms with van der Waals surface area (Å²) in [6, 6.07) is -1.06. The fraction of sp³-hybridized carbons (Fsp3) is 0.951. The molecule has 55 heavy (non-hydrogen) atoms. The molecule has 0 spiro atoms. The third-order valence-electron chi connectivity index (χ3n) is 9.31. The minimum Gasteiger partial charge on any atom is -0.379 e. The molecule has 0 aromatic carbocycles. The van der Waals surface area contributed by atoms with Crippen molar-refractivity contribution in [2.45, 2.75) is 180 Å². The zero-order valence-electron chi connectivity index (χ0n) is 35.3. The minimum atomic E-state index is -4.04. The van der Waals surface area contributed by atoms with Crippen molar-refractivity contribution in [3.63, 3.8) is 0 Å². The van der Waals surface area contributed by atoms with Gasteiger partial charge in [0.25, 0.3) is 0 Å². The minimum absolute atomic E-state index is 0.0213. The van der Waals surface area contributed by atoms with E-state index < -0.39 is 13.6 Å². The molecule has 0 fully saturated rings. The summed E-state index contributed by atoms with van der Waals surface area (Å²) in [5, 5.41) is 6.09. The van der Waals surface area contributed by atoms with Gasteiger partial charge in [0.1, 0.15) is 0 Å². The summed E-state index contributed by atoms with van der Waals surface area (Å²) in [4.78, 5) is 43.2. The lowest BCUT2D eigenvalue weighted by Gasteiger charge is -2.21. The Balaban J connectivity index is 4.38. The molecule has 0 aliphatic carbocycles. The Labute approximate surface area is 340 Å². The summed E-state index contributed by atoms with van der Waals surface area (Å²) in [6.45, 7) is 8.97. The first kappa shape index (κ1) is 54.2. The van der Waals surface area contributed by atoms with Gasteiger partial charge in [-0.05, 0) is 19.8 Å². The van der Waals surface area contributed by atoms with E-state index in [0.29, 0.717) is 57.6 Å². The van der Waals surface area contributed by atoms with Crippen LogP contribution in [-0.2, 0) is 33.1 Å². The number of nitrogens with one attached hydrogen (secondary N) is 2. The maximum atomic E-state index is 12.9. The molecule has 0 aliphatic rings. The maximum Gasteiger partial charge on any atom is 0.327 e. The van der Waals surface area contributed by atoms with Crippen LogP contribution in [0.2, 0.25) is 0 Å². The van der Waals surface area contributed by atoms with E-state index in [-0.39, 0.29) is 43.3 Å². The van der Waals surface area contributed by atoms with Crippen LogP contribution >= 0.6 is 19.4 Å². The lowest BCUT2D eigenvalue weighted by Crippen LogP contribution is -2.47. The summed E-state index contributed by atoms with van der Waals surface area (Å²) in [5.41, 5.74) is 6.23. The van der Waals surface area contributed by atoms with Crippen molar-refractivity contribution >= 4 is 31.2 Å². The maximum absolute atomic E-state index is 12.9. The first-order valence-electron chi connectivity index (χ1n) is 21.9. The molecule has 14 heteroatoms. The molecule has 0 aliphatic heterocycles. The fourth-order valence-corrected chi connectivity index (χ4v) is 7.36. The molecule has 0 unspecified atom stereocenters. The van der Waals surface area contributed by atoms with Crippen LogP contribution in [0.4, 0.5) is 0 Å². The predicted octanol–water partition coefficient (Wildman–Crippen LogP) is 7.90. The van der Waals surface area contributed by atoms with Crippen molar-refractivity contribution in [3.8, 4) is 0 Å². The molecule has 0 aromatic heterocycles. The molecule has 12 nitrogen and oxygen atoms in total. The summed E-state index contributed by atoms with van der Waals surface area (Å²) in [5.74, 6) is 0.863. The smallest absolute Gasteiger partial charge is 0.327 e. The van der Waals surface area contributed by atoms with E-state index in [1.54, 1.807) is 11.8 Å². The summed E-state index contributed by atoms with van der Waals surface area (Å²) in [7, 11) is -4.04. The number of ether oxygens (including phenoxy) is 4.